The van der Waals surface area contributed by atoms with Gasteiger partial charge in [0, 0.05) is 0 Å². The monoisotopic (exact) mass is 126 g/mol. The molecule has 0 unspecified atom stereocenters. The van der Waals surface area contributed by atoms with Gasteiger partial charge in [0.25, 0.3) is 0 Å². The Morgan fingerprint density at radius 1 is 1.50 bits per heavy atom. The van der Waals surface area contributed by atoms with E-state index in [-0.39, 0.29) is 6.99 Å². The average molecular weight is 126 g/mol. The van der Waals surface area contributed by atoms with Crippen molar-refractivity contribution in [1.82, 2.24) is 0 Å². The Morgan fingerprint density at radius 2 is 1.50 bits per heavy atom. The molecule has 22 valence electrons. The molecule has 0 spiro atoms. The highest BCUT2D eigenvalue weighted by molar-refractivity contribution is 8.65. The van der Waals surface area contributed by atoms with Gasteiger partial charge in [0.2, 0.25) is 0 Å². The Kier molecular flexibility index (Phi) is 4.19. The van der Waals surface area contributed by atoms with Gasteiger partial charge in [0.05, 0.1) is 0 Å². The molecule has 0 atom stereocenters. The van der Waals surface area contributed by atoms with Gasteiger partial charge in [-0.05, 0) is 15.9 Å². The van der Waals surface area contributed by atoms with Crippen molar-refractivity contribution in [3.63, 3.8) is 0 Å². The van der Waals surface area contributed by atoms with Crippen LogP contribution in [0.1, 0.15) is 0 Å². The van der Waals surface area contributed by atoms with Gasteiger partial charge in [-0.25, -0.2) is 0 Å². The highest BCUT2D eigenvalue weighted by Crippen LogP contribution is 2.59. The summed E-state index contributed by atoms with van der Waals surface area (Å²) in [6.45, 7) is -0.315. The Labute approximate surface area is 34.5 Å². The minimum Gasteiger partial charge on any atom is -0.0587 e. The summed E-state index contributed by atoms with van der Waals surface area (Å²) in [4.78, 5) is 0. The van der Waals surface area contributed by atoms with Gasteiger partial charge >= 0.3 is 0 Å². The van der Waals surface area contributed by atoms with Crippen LogP contribution in [0.4, 0.5) is 0 Å². The van der Waals surface area contributed by atoms with Crippen LogP contribution in [0.5, 0.6) is 0 Å². The largest absolute Gasteiger partial charge is 0.0587 e. The van der Waals surface area contributed by atoms with Crippen LogP contribution in [0, 0.1) is 0 Å². The maximum absolute atomic E-state index is 3.86. The summed E-state index contributed by atoms with van der Waals surface area (Å²) < 4.78 is 0. The molecule has 0 rings (SSSR count). The lowest BCUT2D eigenvalue weighted by Gasteiger charge is -1.76. The molecule has 0 bridgehead atoms. The molecule has 0 aliphatic rings. The van der Waals surface area contributed by atoms with Crippen LogP contribution in [0.25, 0.3) is 0 Å². The fourth-order valence-corrected chi connectivity index (χ4v) is 0. The topological polar surface area (TPSA) is 0 Å². The summed E-state index contributed by atoms with van der Waals surface area (Å²) in [5.74, 6) is 0. The fraction of sp³-hybridized carbons (Fsp3) is 0. The SMILES string of the molecule is [P]P([PH])[PH]. The standard InChI is InChI=1S/H2P4/c1-4(2)3/h1-2H. The van der Waals surface area contributed by atoms with Gasteiger partial charge in [-0.15, -0.1) is 0 Å². The van der Waals surface area contributed by atoms with E-state index in [9.17, 15) is 0 Å². The first-order valence-electron chi connectivity index (χ1n) is 0.647. The summed E-state index contributed by atoms with van der Waals surface area (Å²) >= 11 is 0. The highest BCUT2D eigenvalue weighted by atomic mass is 32.7. The first-order chi connectivity index (χ1) is 1.73. The summed E-state index contributed by atoms with van der Waals surface area (Å²) in [5.41, 5.74) is 0. The summed E-state index contributed by atoms with van der Waals surface area (Å²) in [7, 11) is 10.2. The Bertz CT molecular complexity index is 4.75. The van der Waals surface area contributed by atoms with Crippen molar-refractivity contribution in [1.29, 1.82) is 0 Å². The number of hydrogen-bond donors (Lipinski definition) is 0. The Balaban J connectivity index is 2.32. The van der Waals surface area contributed by atoms with Crippen LogP contribution < -0.4 is 0 Å². The van der Waals surface area contributed by atoms with Gasteiger partial charge in [-0.1, -0.05) is 17.9 Å². The third-order valence-electron chi connectivity index (χ3n) is 0. The zero-order valence-corrected chi connectivity index (χ0v) is 5.68. The van der Waals surface area contributed by atoms with E-state index in [1.807, 2.05) is 0 Å². The quantitative estimate of drug-likeness (QED) is 0.437. The van der Waals surface area contributed by atoms with Gasteiger partial charge in [0.1, 0.15) is 0 Å². The lowest BCUT2D eigenvalue weighted by Crippen LogP contribution is -0.870. The molecule has 0 aromatic rings. The van der Waals surface area contributed by atoms with Crippen molar-refractivity contribution in [2.75, 3.05) is 0 Å². The molecule has 4 heavy (non-hydrogen) atoms. The predicted molar refractivity (Wildman–Crippen MR) is 30.5 cm³/mol. The van der Waals surface area contributed by atoms with E-state index in [0.717, 1.165) is 0 Å². The molecule has 0 amide bonds. The molecule has 0 saturated carbocycles. The number of hydrogen-bond acceptors (Lipinski definition) is 0. The lowest BCUT2D eigenvalue weighted by atomic mass is 29.2. The van der Waals surface area contributed by atoms with Crippen molar-refractivity contribution in [3.05, 3.63) is 0 Å². The molecular formula is H2P4. The second kappa shape index (κ2) is 2.93. The Hall–Kier alpha value is 1.72. The summed E-state index contributed by atoms with van der Waals surface area (Å²) in [6, 6.07) is 0. The van der Waals surface area contributed by atoms with Crippen LogP contribution in [0.2, 0.25) is 0 Å². The van der Waals surface area contributed by atoms with Crippen LogP contribution in [-0.2, 0) is 0 Å². The normalized spacial score (nSPS) is 9.00. The third kappa shape index (κ3) is 9.30. The van der Waals surface area contributed by atoms with E-state index in [4.69, 9.17) is 0 Å². The summed E-state index contributed by atoms with van der Waals surface area (Å²) in [5, 5.41) is 0. The first-order valence-corrected chi connectivity index (χ1v) is 5.82. The van der Waals surface area contributed by atoms with Gasteiger partial charge < -0.3 is 0 Å². The molecule has 0 nitrogen and oxygen atoms in total. The van der Waals surface area contributed by atoms with Crippen molar-refractivity contribution in [2.45, 2.75) is 0 Å². The number of rotatable bonds is 0. The molecule has 0 heterocycles. The van der Waals surface area contributed by atoms with Crippen molar-refractivity contribution >= 4 is 33.8 Å². The minimum atomic E-state index is -0.315. The molecule has 4 radical (unpaired) electrons. The van der Waals surface area contributed by atoms with Gasteiger partial charge in [0.15, 0.2) is 0 Å². The minimum absolute atomic E-state index is 0.315. The smallest absolute Gasteiger partial charge is 0.00138 e. The zero-order chi connectivity index (χ0) is 3.58. The maximum atomic E-state index is 3.86. The first kappa shape index (κ1) is 5.72. The van der Waals surface area contributed by atoms with E-state index < -0.39 is 0 Å². The van der Waals surface area contributed by atoms with Crippen LogP contribution in [0.3, 0.4) is 0 Å². The molecule has 0 N–H and O–H groups in total. The van der Waals surface area contributed by atoms with Crippen LogP contribution in [0.15, 0.2) is 0 Å². The highest BCUT2D eigenvalue weighted by Gasteiger charge is 1.70. The molecule has 0 aromatic heterocycles. The molecule has 0 saturated heterocycles. The summed E-state index contributed by atoms with van der Waals surface area (Å²) in [6.07, 6.45) is 0. The molecule has 4 heteroatoms. The second-order valence-corrected chi connectivity index (χ2v) is 8.42. The van der Waals surface area contributed by atoms with Crippen LogP contribution in [-0.4, -0.2) is 0 Å². The molecule has 0 aliphatic heterocycles. The Morgan fingerprint density at radius 3 is 1.50 bits per heavy atom. The van der Waals surface area contributed by atoms with E-state index in [0.29, 0.717) is 0 Å². The molecular weight excluding hydrogens is 124 g/mol. The van der Waals surface area contributed by atoms with E-state index in [2.05, 4.69) is 26.8 Å². The van der Waals surface area contributed by atoms with E-state index >= 15 is 0 Å². The fourth-order valence-electron chi connectivity index (χ4n) is 0. The van der Waals surface area contributed by atoms with Crippen molar-refractivity contribution in [2.24, 2.45) is 0 Å². The van der Waals surface area contributed by atoms with Crippen molar-refractivity contribution in [3.8, 4) is 0 Å². The average Bonchev–Trinajstić information content (AvgIpc) is 0.811. The molecule has 0 aromatic carbocycles. The zero-order valence-electron chi connectivity index (χ0n) is 1.89. The van der Waals surface area contributed by atoms with Crippen LogP contribution >= 0.6 is 33.8 Å². The molecule has 0 fully saturated rings. The van der Waals surface area contributed by atoms with Gasteiger partial charge in [-0.2, -0.15) is 0 Å². The van der Waals surface area contributed by atoms with Crippen molar-refractivity contribution < 1.29 is 0 Å². The van der Waals surface area contributed by atoms with E-state index in [1.54, 1.807) is 0 Å². The lowest BCUT2D eigenvalue weighted by molar-refractivity contribution is 5.19. The van der Waals surface area contributed by atoms with E-state index in [1.165, 1.54) is 0 Å². The second-order valence-electron chi connectivity index (χ2n) is 0.312. The predicted octanol–water partition coefficient (Wildman–Crippen LogP) is 2.91. The van der Waals surface area contributed by atoms with Gasteiger partial charge in [-0.3, -0.25) is 0 Å². The maximum Gasteiger partial charge on any atom is -0.00138 e. The third-order valence-corrected chi connectivity index (χ3v) is 0. The molecule has 0 aliphatic carbocycles.